The number of amidine groups is 2. The van der Waals surface area contributed by atoms with Crippen molar-refractivity contribution in [3.8, 4) is 6.07 Å². The van der Waals surface area contributed by atoms with Crippen LogP contribution in [0.1, 0.15) is 11.6 Å². The van der Waals surface area contributed by atoms with Gasteiger partial charge in [-0.1, -0.05) is 23.7 Å². The highest BCUT2D eigenvalue weighted by Crippen LogP contribution is 2.30. The zero-order valence-corrected chi connectivity index (χ0v) is 12.5. The molecule has 1 aromatic carbocycles. The molecular formula is C15H14ClN5. The summed E-state index contributed by atoms with van der Waals surface area (Å²) < 4.78 is 0. The predicted octanol–water partition coefficient (Wildman–Crippen LogP) is 2.43. The van der Waals surface area contributed by atoms with E-state index in [1.807, 2.05) is 48.2 Å². The molecule has 1 aromatic rings. The van der Waals surface area contributed by atoms with E-state index in [-0.39, 0.29) is 6.04 Å². The lowest BCUT2D eigenvalue weighted by atomic mass is 10.1. The first-order valence-corrected chi connectivity index (χ1v) is 6.94. The molecule has 106 valence electrons. The van der Waals surface area contributed by atoms with E-state index in [4.69, 9.17) is 16.6 Å². The van der Waals surface area contributed by atoms with Crippen molar-refractivity contribution in [3.63, 3.8) is 0 Å². The van der Waals surface area contributed by atoms with Gasteiger partial charge in [-0.2, -0.15) is 5.26 Å². The van der Waals surface area contributed by atoms with Gasteiger partial charge in [0.25, 0.3) is 0 Å². The number of aliphatic imine (C=N–C) groups is 2. The summed E-state index contributed by atoms with van der Waals surface area (Å²) in [5.74, 6) is 1.52. The van der Waals surface area contributed by atoms with Gasteiger partial charge in [0.1, 0.15) is 11.8 Å². The third-order valence-corrected chi connectivity index (χ3v) is 3.73. The van der Waals surface area contributed by atoms with Crippen molar-refractivity contribution in [2.24, 2.45) is 9.98 Å². The van der Waals surface area contributed by atoms with Crippen LogP contribution in [0.25, 0.3) is 0 Å². The summed E-state index contributed by atoms with van der Waals surface area (Å²) in [5, 5.41) is 9.94. The van der Waals surface area contributed by atoms with Crippen molar-refractivity contribution in [2.45, 2.75) is 6.04 Å². The van der Waals surface area contributed by atoms with E-state index in [2.05, 4.69) is 11.1 Å². The average molecular weight is 300 g/mol. The van der Waals surface area contributed by atoms with Gasteiger partial charge in [0, 0.05) is 19.1 Å². The zero-order chi connectivity index (χ0) is 15.0. The molecule has 2 aliphatic heterocycles. The van der Waals surface area contributed by atoms with Crippen molar-refractivity contribution < 1.29 is 0 Å². The summed E-state index contributed by atoms with van der Waals surface area (Å²) in [4.78, 5) is 12.9. The van der Waals surface area contributed by atoms with Crippen molar-refractivity contribution in [1.82, 2.24) is 9.80 Å². The Labute approximate surface area is 128 Å². The van der Waals surface area contributed by atoms with E-state index < -0.39 is 0 Å². The fraction of sp³-hybridized carbons (Fsp3) is 0.267. The van der Waals surface area contributed by atoms with E-state index in [9.17, 15) is 5.26 Å². The van der Waals surface area contributed by atoms with E-state index >= 15 is 0 Å². The number of benzene rings is 1. The molecule has 2 aliphatic rings. The first kappa shape index (κ1) is 13.7. The van der Waals surface area contributed by atoms with Gasteiger partial charge >= 0.3 is 0 Å². The molecule has 0 aromatic heterocycles. The molecule has 0 saturated carbocycles. The fourth-order valence-electron chi connectivity index (χ4n) is 2.43. The highest BCUT2D eigenvalue weighted by Gasteiger charge is 2.34. The predicted molar refractivity (Wildman–Crippen MR) is 83.2 cm³/mol. The molecule has 0 N–H and O–H groups in total. The Morgan fingerprint density at radius 3 is 2.67 bits per heavy atom. The largest absolute Gasteiger partial charge is 0.360 e. The van der Waals surface area contributed by atoms with Gasteiger partial charge < -0.3 is 9.80 Å². The Kier molecular flexibility index (Phi) is 3.40. The lowest BCUT2D eigenvalue weighted by Gasteiger charge is -2.26. The summed E-state index contributed by atoms with van der Waals surface area (Å²) in [6, 6.07) is 9.81. The normalized spacial score (nSPS) is 20.2. The van der Waals surface area contributed by atoms with Crippen LogP contribution in [0, 0.1) is 11.3 Å². The lowest BCUT2D eigenvalue weighted by molar-refractivity contribution is 0.519. The van der Waals surface area contributed by atoms with Crippen molar-refractivity contribution in [2.75, 3.05) is 20.6 Å². The van der Waals surface area contributed by atoms with Gasteiger partial charge in [-0.05, 0) is 17.7 Å². The number of fused-ring (bicyclic) bond motifs is 1. The standard InChI is InChI=1S/C15H14ClN5/c1-20(2)14-15-19-13(10-3-5-11(16)6-4-10)9-21(15)12(7-17)8-18-14/h3-6,8,13H,9H2,1-2H3. The summed E-state index contributed by atoms with van der Waals surface area (Å²) in [7, 11) is 3.83. The number of nitriles is 1. The van der Waals surface area contributed by atoms with Gasteiger partial charge in [-0.15, -0.1) is 0 Å². The number of hydrogen-bond donors (Lipinski definition) is 0. The Morgan fingerprint density at radius 2 is 2.05 bits per heavy atom. The minimum absolute atomic E-state index is 0.0164. The Balaban J connectivity index is 1.98. The molecule has 3 rings (SSSR count). The molecule has 0 aliphatic carbocycles. The van der Waals surface area contributed by atoms with Gasteiger partial charge in [-0.3, -0.25) is 4.99 Å². The van der Waals surface area contributed by atoms with Crippen molar-refractivity contribution in [1.29, 1.82) is 5.26 Å². The number of halogens is 1. The summed E-state index contributed by atoms with van der Waals surface area (Å²) >= 11 is 5.93. The molecule has 21 heavy (non-hydrogen) atoms. The SMILES string of the molecule is CN(C)C1=NC=C(C#N)N2CC(c3ccc(Cl)cc3)N=C12. The average Bonchev–Trinajstić information content (AvgIpc) is 2.91. The Bertz CT molecular complexity index is 694. The maximum Gasteiger partial charge on any atom is 0.173 e. The first-order valence-electron chi connectivity index (χ1n) is 6.56. The van der Waals surface area contributed by atoms with Crippen LogP contribution in [0.15, 0.2) is 46.1 Å². The third-order valence-electron chi connectivity index (χ3n) is 3.48. The van der Waals surface area contributed by atoms with Gasteiger partial charge in [0.2, 0.25) is 0 Å². The van der Waals surface area contributed by atoms with Gasteiger partial charge in [0.05, 0.1) is 18.8 Å². The second kappa shape index (κ2) is 5.23. The van der Waals surface area contributed by atoms with Crippen LogP contribution < -0.4 is 0 Å². The Hall–Kier alpha value is -2.32. The van der Waals surface area contributed by atoms with Gasteiger partial charge in [0.15, 0.2) is 11.7 Å². The molecule has 0 fully saturated rings. The van der Waals surface area contributed by atoms with Gasteiger partial charge in [-0.25, -0.2) is 4.99 Å². The first-order chi connectivity index (χ1) is 10.1. The highest BCUT2D eigenvalue weighted by molar-refractivity contribution is 6.41. The maximum absolute atomic E-state index is 9.24. The Morgan fingerprint density at radius 1 is 1.33 bits per heavy atom. The molecule has 1 unspecified atom stereocenters. The van der Waals surface area contributed by atoms with Crippen LogP contribution in [0.4, 0.5) is 0 Å². The number of likely N-dealkylation sites (N-methyl/N-ethyl adjacent to an activating group) is 1. The van der Waals surface area contributed by atoms with E-state index in [0.717, 1.165) is 17.2 Å². The number of nitrogens with zero attached hydrogens (tertiary/aromatic N) is 5. The van der Waals surface area contributed by atoms with Crippen LogP contribution in [0.5, 0.6) is 0 Å². The molecule has 1 atom stereocenters. The topological polar surface area (TPSA) is 55.0 Å². The molecule has 6 heteroatoms. The molecule has 0 saturated heterocycles. The second-order valence-electron chi connectivity index (χ2n) is 5.10. The maximum atomic E-state index is 9.24. The van der Waals surface area contributed by atoms with E-state index in [1.165, 1.54) is 0 Å². The monoisotopic (exact) mass is 299 g/mol. The molecule has 2 heterocycles. The number of allylic oxidation sites excluding steroid dienone is 1. The second-order valence-corrected chi connectivity index (χ2v) is 5.54. The molecule has 0 amide bonds. The summed E-state index contributed by atoms with van der Waals surface area (Å²) in [5.41, 5.74) is 1.60. The molecule has 5 nitrogen and oxygen atoms in total. The highest BCUT2D eigenvalue weighted by atomic mass is 35.5. The third kappa shape index (κ3) is 2.39. The minimum atomic E-state index is -0.0164. The van der Waals surface area contributed by atoms with E-state index in [0.29, 0.717) is 17.3 Å². The van der Waals surface area contributed by atoms with Crippen LogP contribution >= 0.6 is 11.6 Å². The molecule has 0 bridgehead atoms. The smallest absolute Gasteiger partial charge is 0.173 e. The number of hydrogen-bond acceptors (Lipinski definition) is 5. The molecule has 0 radical (unpaired) electrons. The van der Waals surface area contributed by atoms with Crippen LogP contribution in [-0.2, 0) is 0 Å². The molecule has 0 spiro atoms. The number of rotatable bonds is 1. The zero-order valence-electron chi connectivity index (χ0n) is 11.8. The van der Waals surface area contributed by atoms with Crippen LogP contribution in [0.2, 0.25) is 5.02 Å². The van der Waals surface area contributed by atoms with Crippen molar-refractivity contribution in [3.05, 3.63) is 46.7 Å². The van der Waals surface area contributed by atoms with Crippen molar-refractivity contribution >= 4 is 23.3 Å². The quantitative estimate of drug-likeness (QED) is 0.800. The van der Waals surface area contributed by atoms with Crippen LogP contribution in [-0.4, -0.2) is 42.1 Å². The lowest BCUT2D eigenvalue weighted by Crippen LogP contribution is -2.41. The summed E-state index contributed by atoms with van der Waals surface area (Å²) in [6.07, 6.45) is 1.60. The summed E-state index contributed by atoms with van der Waals surface area (Å²) in [6.45, 7) is 0.642. The fourth-order valence-corrected chi connectivity index (χ4v) is 2.55. The van der Waals surface area contributed by atoms with E-state index in [1.54, 1.807) is 6.20 Å². The minimum Gasteiger partial charge on any atom is -0.360 e. The van der Waals surface area contributed by atoms with Crippen LogP contribution in [0.3, 0.4) is 0 Å². The molecular weight excluding hydrogens is 286 g/mol.